The number of ether oxygens (including phenoxy) is 2. The molecule has 3 rings (SSSR count). The number of carboxylic acids is 1. The first-order chi connectivity index (χ1) is 18.0. The molecule has 0 atom stereocenters. The van der Waals surface area contributed by atoms with Crippen LogP contribution >= 0.6 is 0 Å². The number of halogens is 3. The monoisotopic (exact) mass is 538 g/mol. The van der Waals surface area contributed by atoms with E-state index in [0.717, 1.165) is 32.8 Å². The molecule has 1 amide bonds. The van der Waals surface area contributed by atoms with Crippen molar-refractivity contribution in [1.82, 2.24) is 20.3 Å². The largest absolute Gasteiger partial charge is 0.492 e. The molecule has 0 aliphatic carbocycles. The molecule has 206 valence electrons. The van der Waals surface area contributed by atoms with E-state index in [1.54, 1.807) is 30.3 Å². The van der Waals surface area contributed by atoms with E-state index in [4.69, 9.17) is 24.6 Å². The second-order valence-corrected chi connectivity index (χ2v) is 8.38. The van der Waals surface area contributed by atoms with Crippen molar-refractivity contribution in [3.63, 3.8) is 0 Å². The standard InChI is InChI=1S/C22H28N6O3.C2HF3O2/c1-17(2)16-25-28(21-7-8-24-20(15-23)26-21)22(29)18-3-5-19(6-4-18)31-14-11-27-9-12-30-13-10-27;3-2(4,5)1(6)7/h3-8,17,25H,9-14,16H2,1-2H3;(H,6,7). The molecule has 1 saturated heterocycles. The highest BCUT2D eigenvalue weighted by Gasteiger charge is 2.38. The molecule has 0 saturated carbocycles. The van der Waals surface area contributed by atoms with Crippen molar-refractivity contribution in [3.05, 3.63) is 47.9 Å². The number of hydrazine groups is 1. The number of hydrogen-bond acceptors (Lipinski definition) is 9. The van der Waals surface area contributed by atoms with Gasteiger partial charge in [0.15, 0.2) is 5.82 Å². The number of carboxylic acid groups (broad SMARTS) is 1. The maximum Gasteiger partial charge on any atom is 0.490 e. The van der Waals surface area contributed by atoms with Crippen LogP contribution in [-0.4, -0.2) is 84.0 Å². The van der Waals surface area contributed by atoms with Gasteiger partial charge in [-0.15, -0.1) is 0 Å². The molecular formula is C24H29F3N6O5. The van der Waals surface area contributed by atoms with Gasteiger partial charge in [0.2, 0.25) is 5.82 Å². The van der Waals surface area contributed by atoms with Gasteiger partial charge >= 0.3 is 12.1 Å². The van der Waals surface area contributed by atoms with E-state index in [9.17, 15) is 18.0 Å². The molecule has 38 heavy (non-hydrogen) atoms. The van der Waals surface area contributed by atoms with E-state index >= 15 is 0 Å². The Hall–Kier alpha value is -3.80. The summed E-state index contributed by atoms with van der Waals surface area (Å²) in [7, 11) is 0. The van der Waals surface area contributed by atoms with Crippen LogP contribution in [0.15, 0.2) is 36.5 Å². The van der Waals surface area contributed by atoms with Crippen molar-refractivity contribution >= 4 is 17.7 Å². The summed E-state index contributed by atoms with van der Waals surface area (Å²) >= 11 is 0. The smallest absolute Gasteiger partial charge is 0.490 e. The number of aromatic nitrogens is 2. The Morgan fingerprint density at radius 1 is 1.24 bits per heavy atom. The third kappa shape index (κ3) is 10.3. The van der Waals surface area contributed by atoms with Crippen LogP contribution in [0.4, 0.5) is 19.0 Å². The van der Waals surface area contributed by atoms with E-state index in [0.29, 0.717) is 36.2 Å². The van der Waals surface area contributed by atoms with E-state index in [1.165, 1.54) is 11.2 Å². The summed E-state index contributed by atoms with van der Waals surface area (Å²) in [6.45, 7) is 9.44. The second kappa shape index (κ2) is 14.8. The average molecular weight is 539 g/mol. The lowest BCUT2D eigenvalue weighted by atomic mass is 10.2. The van der Waals surface area contributed by atoms with E-state index in [1.807, 2.05) is 19.9 Å². The zero-order valence-electron chi connectivity index (χ0n) is 20.9. The lowest BCUT2D eigenvalue weighted by molar-refractivity contribution is -0.192. The van der Waals surface area contributed by atoms with Crippen LogP contribution in [0.3, 0.4) is 0 Å². The predicted molar refractivity (Wildman–Crippen MR) is 129 cm³/mol. The maximum absolute atomic E-state index is 13.2. The number of alkyl halides is 3. The molecule has 0 bridgehead atoms. The summed E-state index contributed by atoms with van der Waals surface area (Å²) in [5, 5.41) is 17.6. The summed E-state index contributed by atoms with van der Waals surface area (Å²) < 4.78 is 42.9. The van der Waals surface area contributed by atoms with Crippen LogP contribution in [0.25, 0.3) is 0 Å². The number of morpholine rings is 1. The third-order valence-electron chi connectivity index (χ3n) is 4.95. The summed E-state index contributed by atoms with van der Waals surface area (Å²) in [6, 6.07) is 10.5. The van der Waals surface area contributed by atoms with Gasteiger partial charge in [-0.2, -0.15) is 23.4 Å². The fourth-order valence-corrected chi connectivity index (χ4v) is 3.00. The van der Waals surface area contributed by atoms with Crippen LogP contribution in [0.5, 0.6) is 5.75 Å². The molecule has 11 nitrogen and oxygen atoms in total. The minimum Gasteiger partial charge on any atom is -0.492 e. The number of amides is 1. The molecule has 14 heteroatoms. The van der Waals surface area contributed by atoms with E-state index in [2.05, 4.69) is 20.3 Å². The number of aliphatic carboxylic acids is 1. The Kier molecular flexibility index (Phi) is 11.9. The van der Waals surface area contributed by atoms with Crippen molar-refractivity contribution in [3.8, 4) is 11.8 Å². The second-order valence-electron chi connectivity index (χ2n) is 8.38. The fourth-order valence-electron chi connectivity index (χ4n) is 3.00. The van der Waals surface area contributed by atoms with Gasteiger partial charge in [-0.25, -0.2) is 20.2 Å². The molecule has 0 unspecified atom stereocenters. The van der Waals surface area contributed by atoms with Crippen molar-refractivity contribution in [1.29, 1.82) is 5.26 Å². The minimum atomic E-state index is -5.08. The summed E-state index contributed by atoms with van der Waals surface area (Å²) in [6.07, 6.45) is -3.62. The molecule has 0 spiro atoms. The number of nitrogens with zero attached hydrogens (tertiary/aromatic N) is 5. The Bertz CT molecular complexity index is 1090. The van der Waals surface area contributed by atoms with Gasteiger partial charge in [0.25, 0.3) is 5.91 Å². The summed E-state index contributed by atoms with van der Waals surface area (Å²) in [5.74, 6) is -1.68. The first-order valence-corrected chi connectivity index (χ1v) is 11.7. The fraction of sp³-hybridized carbons (Fsp3) is 0.458. The summed E-state index contributed by atoms with van der Waals surface area (Å²) in [5.41, 5.74) is 3.59. The van der Waals surface area contributed by atoms with Crippen LogP contribution in [-0.2, 0) is 9.53 Å². The first kappa shape index (κ1) is 30.4. The van der Waals surface area contributed by atoms with Crippen LogP contribution < -0.4 is 15.2 Å². The van der Waals surface area contributed by atoms with Crippen molar-refractivity contribution < 1.29 is 37.3 Å². The minimum absolute atomic E-state index is 0.00524. The summed E-state index contributed by atoms with van der Waals surface area (Å²) in [4.78, 5) is 32.4. The number of carbonyl (C=O) groups excluding carboxylic acids is 1. The molecule has 1 aromatic heterocycles. The third-order valence-corrected chi connectivity index (χ3v) is 4.95. The van der Waals surface area contributed by atoms with E-state index in [-0.39, 0.29) is 11.7 Å². The number of hydrogen-bond donors (Lipinski definition) is 2. The Morgan fingerprint density at radius 3 is 2.42 bits per heavy atom. The van der Waals surface area contributed by atoms with Crippen molar-refractivity contribution in [2.45, 2.75) is 20.0 Å². The predicted octanol–water partition coefficient (Wildman–Crippen LogP) is 2.50. The maximum atomic E-state index is 13.2. The molecule has 2 aromatic rings. The highest BCUT2D eigenvalue weighted by Crippen LogP contribution is 2.17. The molecule has 1 fully saturated rings. The Morgan fingerprint density at radius 2 is 1.87 bits per heavy atom. The molecule has 1 aliphatic heterocycles. The lowest BCUT2D eigenvalue weighted by Gasteiger charge is -2.26. The average Bonchev–Trinajstić information content (AvgIpc) is 2.89. The van der Waals surface area contributed by atoms with Gasteiger partial charge in [0.1, 0.15) is 18.4 Å². The number of nitriles is 1. The first-order valence-electron chi connectivity index (χ1n) is 11.7. The topological polar surface area (TPSA) is 141 Å². The zero-order chi connectivity index (χ0) is 28.1. The Labute approximate surface area is 217 Å². The highest BCUT2D eigenvalue weighted by molar-refractivity contribution is 6.05. The van der Waals surface area contributed by atoms with Crippen molar-refractivity contribution in [2.75, 3.05) is 51.0 Å². The van der Waals surface area contributed by atoms with Gasteiger partial charge in [-0.1, -0.05) is 13.8 Å². The van der Waals surface area contributed by atoms with Crippen molar-refractivity contribution in [2.24, 2.45) is 5.92 Å². The molecular weight excluding hydrogens is 509 g/mol. The zero-order valence-corrected chi connectivity index (χ0v) is 20.9. The highest BCUT2D eigenvalue weighted by atomic mass is 19.4. The van der Waals surface area contributed by atoms with Gasteiger partial charge in [0.05, 0.1) is 13.2 Å². The quantitative estimate of drug-likeness (QED) is 0.458. The molecule has 1 aliphatic rings. The Balaban J connectivity index is 0.000000638. The number of benzene rings is 1. The molecule has 0 radical (unpaired) electrons. The van der Waals surface area contributed by atoms with Gasteiger partial charge in [-0.05, 0) is 30.2 Å². The van der Waals surface area contributed by atoms with Crippen LogP contribution in [0.1, 0.15) is 30.0 Å². The molecule has 2 N–H and O–H groups in total. The normalized spacial score (nSPS) is 13.7. The van der Waals surface area contributed by atoms with Gasteiger partial charge in [-0.3, -0.25) is 9.69 Å². The van der Waals surface area contributed by atoms with Gasteiger partial charge in [0, 0.05) is 44.0 Å². The number of rotatable bonds is 9. The van der Waals surface area contributed by atoms with Gasteiger partial charge < -0.3 is 14.6 Å². The van der Waals surface area contributed by atoms with Crippen LogP contribution in [0.2, 0.25) is 0 Å². The molecule has 1 aromatic carbocycles. The number of nitrogens with one attached hydrogen (secondary N) is 1. The SMILES string of the molecule is CC(C)CNN(C(=O)c1ccc(OCCN2CCOCC2)cc1)c1ccnc(C#N)n1.O=C(O)C(F)(F)F. The molecule has 2 heterocycles. The van der Waals surface area contributed by atoms with E-state index < -0.39 is 12.1 Å². The number of anilines is 1. The lowest BCUT2D eigenvalue weighted by Crippen LogP contribution is -2.45. The van der Waals surface area contributed by atoms with Crippen LogP contribution in [0, 0.1) is 17.2 Å². The number of carbonyl (C=O) groups is 2.